The van der Waals surface area contributed by atoms with Gasteiger partial charge in [0.2, 0.25) is 0 Å². The van der Waals surface area contributed by atoms with Crippen LogP contribution in [0, 0.1) is 5.82 Å². The Morgan fingerprint density at radius 1 is 1.31 bits per heavy atom. The molecule has 0 amide bonds. The first kappa shape index (κ1) is 18.2. The fraction of sp³-hybridized carbons (Fsp3) is 0.118. The van der Waals surface area contributed by atoms with Crippen molar-refractivity contribution < 1.29 is 18.3 Å². The van der Waals surface area contributed by atoms with Crippen LogP contribution in [-0.2, 0) is 11.3 Å². The normalized spacial score (nSPS) is 10.6. The summed E-state index contributed by atoms with van der Waals surface area (Å²) in [6.07, 6.45) is 1.53. The second-order valence-corrected chi connectivity index (χ2v) is 5.90. The van der Waals surface area contributed by atoms with Gasteiger partial charge in [-0.15, -0.1) is 0 Å². The molecule has 0 saturated heterocycles. The third-order valence-electron chi connectivity index (χ3n) is 3.42. The Labute approximate surface area is 157 Å². The molecule has 0 atom stereocenters. The lowest BCUT2D eigenvalue weighted by Gasteiger charge is -2.11. The molecule has 0 aliphatic carbocycles. The molecule has 0 unspecified atom stereocenters. The van der Waals surface area contributed by atoms with E-state index < -0.39 is 11.8 Å². The van der Waals surface area contributed by atoms with E-state index in [1.807, 2.05) is 0 Å². The van der Waals surface area contributed by atoms with E-state index in [0.29, 0.717) is 11.3 Å². The highest BCUT2D eigenvalue weighted by Gasteiger charge is 2.20. The molecule has 0 saturated carbocycles. The smallest absolute Gasteiger partial charge is 0.358 e. The molecule has 1 aromatic carbocycles. The maximum Gasteiger partial charge on any atom is 0.358 e. The van der Waals surface area contributed by atoms with Crippen molar-refractivity contribution in [2.45, 2.75) is 6.54 Å². The van der Waals surface area contributed by atoms with Crippen molar-refractivity contribution in [3.05, 3.63) is 63.9 Å². The third-order valence-corrected chi connectivity index (χ3v) is 4.08. The fourth-order valence-corrected chi connectivity index (χ4v) is 2.49. The van der Waals surface area contributed by atoms with Crippen LogP contribution >= 0.6 is 23.2 Å². The van der Waals surface area contributed by atoms with Crippen LogP contribution in [0.15, 0.2) is 41.0 Å². The summed E-state index contributed by atoms with van der Waals surface area (Å²) < 4.78 is 23.7. The van der Waals surface area contributed by atoms with Gasteiger partial charge in [-0.3, -0.25) is 0 Å². The van der Waals surface area contributed by atoms with E-state index in [1.165, 1.54) is 31.6 Å². The number of hydrogen-bond acceptors (Lipinski definition) is 6. The van der Waals surface area contributed by atoms with Gasteiger partial charge in [0.1, 0.15) is 22.4 Å². The van der Waals surface area contributed by atoms with Gasteiger partial charge in [-0.1, -0.05) is 23.2 Å². The Morgan fingerprint density at radius 3 is 2.77 bits per heavy atom. The minimum atomic E-state index is -0.742. The summed E-state index contributed by atoms with van der Waals surface area (Å²) in [7, 11) is 1.21. The summed E-state index contributed by atoms with van der Waals surface area (Å²) in [5, 5.41) is 2.92. The largest absolute Gasteiger partial charge is 0.467 e. The van der Waals surface area contributed by atoms with E-state index in [4.69, 9.17) is 32.4 Å². The lowest BCUT2D eigenvalue weighted by atomic mass is 10.2. The van der Waals surface area contributed by atoms with Gasteiger partial charge < -0.3 is 14.5 Å². The Bertz CT molecular complexity index is 949. The van der Waals surface area contributed by atoms with Crippen molar-refractivity contribution in [2.75, 3.05) is 12.4 Å². The molecule has 0 fully saturated rings. The first-order chi connectivity index (χ1) is 12.5. The van der Waals surface area contributed by atoms with Crippen LogP contribution in [0.2, 0.25) is 10.0 Å². The maximum absolute atomic E-state index is 13.8. The van der Waals surface area contributed by atoms with E-state index in [1.54, 1.807) is 12.1 Å². The van der Waals surface area contributed by atoms with Gasteiger partial charge in [-0.25, -0.2) is 19.2 Å². The topological polar surface area (TPSA) is 77.2 Å². The third kappa shape index (κ3) is 3.79. The average molecular weight is 396 g/mol. The molecule has 3 aromatic rings. The lowest BCUT2D eigenvalue weighted by Crippen LogP contribution is -2.11. The van der Waals surface area contributed by atoms with Crippen LogP contribution in [0.3, 0.4) is 0 Å². The molecule has 9 heteroatoms. The van der Waals surface area contributed by atoms with Crippen LogP contribution in [0.1, 0.15) is 16.2 Å². The summed E-state index contributed by atoms with van der Waals surface area (Å²) in [6.45, 7) is 0.277. The van der Waals surface area contributed by atoms with Gasteiger partial charge >= 0.3 is 5.97 Å². The van der Waals surface area contributed by atoms with Crippen molar-refractivity contribution in [1.29, 1.82) is 0 Å². The van der Waals surface area contributed by atoms with Crippen LogP contribution in [0.4, 0.5) is 10.2 Å². The fourth-order valence-electron chi connectivity index (χ4n) is 2.14. The zero-order valence-corrected chi connectivity index (χ0v) is 14.9. The van der Waals surface area contributed by atoms with Crippen molar-refractivity contribution in [3.63, 3.8) is 0 Å². The lowest BCUT2D eigenvalue weighted by molar-refractivity contribution is 0.0594. The van der Waals surface area contributed by atoms with E-state index in [2.05, 4.69) is 15.3 Å². The predicted octanol–water partition coefficient (Wildman–Crippen LogP) is 4.58. The number of nitrogens with zero attached hydrogens (tertiary/aromatic N) is 2. The quantitative estimate of drug-likeness (QED) is 0.637. The number of esters is 1. The molecule has 2 aromatic heterocycles. The summed E-state index contributed by atoms with van der Waals surface area (Å²) in [5.41, 5.74) is 0.186. The zero-order valence-electron chi connectivity index (χ0n) is 13.4. The second-order valence-electron chi connectivity index (χ2n) is 5.11. The Balaban J connectivity index is 2.04. The number of ether oxygens (including phenoxy) is 1. The average Bonchev–Trinajstić information content (AvgIpc) is 3.16. The van der Waals surface area contributed by atoms with Crippen LogP contribution < -0.4 is 5.32 Å². The van der Waals surface area contributed by atoms with Crippen molar-refractivity contribution in [1.82, 2.24) is 9.97 Å². The molecule has 0 aliphatic heterocycles. The monoisotopic (exact) mass is 395 g/mol. The number of rotatable bonds is 5. The molecule has 0 radical (unpaired) electrons. The number of methoxy groups -OCH3 is 1. The predicted molar refractivity (Wildman–Crippen MR) is 94.8 cm³/mol. The number of aromatic nitrogens is 2. The van der Waals surface area contributed by atoms with Crippen LogP contribution in [0.25, 0.3) is 11.4 Å². The van der Waals surface area contributed by atoms with Gasteiger partial charge in [0.05, 0.1) is 24.9 Å². The highest BCUT2D eigenvalue weighted by Crippen LogP contribution is 2.29. The maximum atomic E-state index is 13.8. The van der Waals surface area contributed by atoms with Crippen LogP contribution in [0.5, 0.6) is 0 Å². The molecule has 26 heavy (non-hydrogen) atoms. The SMILES string of the molecule is COC(=O)c1nc(-c2ccc(Cl)c(F)c2)nc(NCc2ccco2)c1Cl. The minimum absolute atomic E-state index is 0.0124. The van der Waals surface area contributed by atoms with Crippen molar-refractivity contribution >= 4 is 35.0 Å². The van der Waals surface area contributed by atoms with Gasteiger partial charge in [-0.05, 0) is 30.3 Å². The minimum Gasteiger partial charge on any atom is -0.467 e. The molecule has 6 nitrogen and oxygen atoms in total. The second kappa shape index (κ2) is 7.72. The van der Waals surface area contributed by atoms with Crippen molar-refractivity contribution in [3.8, 4) is 11.4 Å². The molecule has 0 spiro atoms. The summed E-state index contributed by atoms with van der Waals surface area (Å²) in [4.78, 5) is 20.4. The number of furan rings is 1. The highest BCUT2D eigenvalue weighted by molar-refractivity contribution is 6.35. The Hall–Kier alpha value is -2.64. The number of benzene rings is 1. The van der Waals surface area contributed by atoms with Gasteiger partial charge in [0, 0.05) is 5.56 Å². The van der Waals surface area contributed by atoms with E-state index >= 15 is 0 Å². The molecule has 0 aliphatic rings. The van der Waals surface area contributed by atoms with E-state index in [-0.39, 0.29) is 33.9 Å². The summed E-state index contributed by atoms with van der Waals surface area (Å²) in [6, 6.07) is 7.58. The Morgan fingerprint density at radius 2 is 2.12 bits per heavy atom. The van der Waals surface area contributed by atoms with Gasteiger partial charge in [0.15, 0.2) is 11.5 Å². The molecule has 2 heterocycles. The highest BCUT2D eigenvalue weighted by atomic mass is 35.5. The van der Waals surface area contributed by atoms with Crippen LogP contribution in [-0.4, -0.2) is 23.0 Å². The standard InChI is InChI=1S/C17H12Cl2FN3O3/c1-25-17(24)14-13(19)16(21-8-10-3-2-6-26-10)23-15(22-14)9-4-5-11(18)12(20)7-9/h2-7H,8H2,1H3,(H,21,22,23). The summed E-state index contributed by atoms with van der Waals surface area (Å²) >= 11 is 11.9. The zero-order chi connectivity index (χ0) is 18.7. The van der Waals surface area contributed by atoms with E-state index in [9.17, 15) is 9.18 Å². The molecular weight excluding hydrogens is 384 g/mol. The Kier molecular flexibility index (Phi) is 5.39. The number of nitrogens with one attached hydrogen (secondary N) is 1. The van der Waals surface area contributed by atoms with Gasteiger partial charge in [0.25, 0.3) is 0 Å². The van der Waals surface area contributed by atoms with E-state index in [0.717, 1.165) is 0 Å². The van der Waals surface area contributed by atoms with Gasteiger partial charge in [-0.2, -0.15) is 0 Å². The number of anilines is 1. The number of halogens is 3. The number of hydrogen-bond donors (Lipinski definition) is 1. The molecular formula is C17H12Cl2FN3O3. The molecule has 134 valence electrons. The van der Waals surface area contributed by atoms with Crippen molar-refractivity contribution in [2.24, 2.45) is 0 Å². The first-order valence-corrected chi connectivity index (χ1v) is 8.12. The number of carbonyl (C=O) groups excluding carboxylic acids is 1. The molecule has 0 bridgehead atoms. The number of carbonyl (C=O) groups is 1. The summed E-state index contributed by atoms with van der Waals surface area (Å²) in [5.74, 6) is -0.462. The first-order valence-electron chi connectivity index (χ1n) is 7.37. The molecule has 1 N–H and O–H groups in total. The molecule has 3 rings (SSSR count).